The Morgan fingerprint density at radius 1 is 1.65 bits per heavy atom. The molecule has 1 rings (SSSR count). The largest absolute Gasteiger partial charge is 0.480 e. The number of hydrogen-bond donors (Lipinski definition) is 4. The summed E-state index contributed by atoms with van der Waals surface area (Å²) in [5, 5.41) is 8.91. The first-order chi connectivity index (χ1) is 7.94. The summed E-state index contributed by atoms with van der Waals surface area (Å²) in [6.45, 7) is -0.0638. The standard InChI is InChI=1S/C8H14N4O4S/c9-1-2-17(15,16)12-7(8(13)14)3-6-4-10-5-11-6/h4-5,7,12H,1-3,9H2,(H,10,11)(H,13,14)/t7-/m0/s1. The van der Waals surface area contributed by atoms with Gasteiger partial charge in [-0.15, -0.1) is 0 Å². The number of carbonyl (C=O) groups is 1. The van der Waals surface area contributed by atoms with Gasteiger partial charge in [0.1, 0.15) is 6.04 Å². The molecular weight excluding hydrogens is 248 g/mol. The Kier molecular flexibility index (Phi) is 4.61. The highest BCUT2D eigenvalue weighted by molar-refractivity contribution is 7.89. The Bertz CT molecular complexity index is 456. The molecule has 0 saturated heterocycles. The average Bonchev–Trinajstić information content (AvgIpc) is 2.68. The third-order valence-corrected chi connectivity index (χ3v) is 3.40. The summed E-state index contributed by atoms with van der Waals surface area (Å²) in [6, 6.07) is -1.23. The van der Waals surface area contributed by atoms with Crippen molar-refractivity contribution in [1.82, 2.24) is 14.7 Å². The summed E-state index contributed by atoms with van der Waals surface area (Å²) < 4.78 is 24.9. The molecule has 1 heterocycles. The summed E-state index contributed by atoms with van der Waals surface area (Å²) in [7, 11) is -3.67. The SMILES string of the molecule is NCCS(=O)(=O)N[C@@H](Cc1cnc[nH]1)C(=O)O. The van der Waals surface area contributed by atoms with Gasteiger partial charge in [-0.25, -0.2) is 18.1 Å². The van der Waals surface area contributed by atoms with E-state index in [1.807, 2.05) is 0 Å². The van der Waals surface area contributed by atoms with Crippen LogP contribution in [-0.2, 0) is 21.2 Å². The highest BCUT2D eigenvalue weighted by Crippen LogP contribution is 2.00. The molecule has 1 aromatic rings. The predicted molar refractivity (Wildman–Crippen MR) is 59.7 cm³/mol. The molecule has 1 aromatic heterocycles. The number of carboxylic acids is 1. The number of nitrogens with one attached hydrogen (secondary N) is 2. The van der Waals surface area contributed by atoms with Gasteiger partial charge in [-0.05, 0) is 0 Å². The van der Waals surface area contributed by atoms with Crippen molar-refractivity contribution < 1.29 is 18.3 Å². The molecular formula is C8H14N4O4S. The van der Waals surface area contributed by atoms with Crippen molar-refractivity contribution in [3.05, 3.63) is 18.2 Å². The zero-order chi connectivity index (χ0) is 12.9. The first-order valence-corrected chi connectivity index (χ1v) is 6.50. The van der Waals surface area contributed by atoms with Gasteiger partial charge in [0.15, 0.2) is 0 Å². The number of nitrogens with zero attached hydrogens (tertiary/aromatic N) is 1. The van der Waals surface area contributed by atoms with Crippen molar-refractivity contribution in [3.8, 4) is 0 Å². The van der Waals surface area contributed by atoms with Crippen molar-refractivity contribution in [1.29, 1.82) is 0 Å². The Morgan fingerprint density at radius 3 is 2.82 bits per heavy atom. The quantitative estimate of drug-likeness (QED) is 0.461. The lowest BCUT2D eigenvalue weighted by molar-refractivity contribution is -0.138. The lowest BCUT2D eigenvalue weighted by atomic mass is 10.2. The number of aliphatic carboxylic acids is 1. The van der Waals surface area contributed by atoms with Crippen LogP contribution in [0, 0.1) is 0 Å². The van der Waals surface area contributed by atoms with Crippen LogP contribution in [0.1, 0.15) is 5.69 Å². The minimum absolute atomic E-state index is 0.000858. The number of hydrogen-bond acceptors (Lipinski definition) is 5. The van der Waals surface area contributed by atoms with Crippen molar-refractivity contribution in [2.24, 2.45) is 5.73 Å². The van der Waals surface area contributed by atoms with Crippen LogP contribution >= 0.6 is 0 Å². The number of H-pyrrole nitrogens is 1. The van der Waals surface area contributed by atoms with Crippen molar-refractivity contribution in [2.45, 2.75) is 12.5 Å². The fourth-order valence-corrected chi connectivity index (χ4v) is 2.27. The first kappa shape index (κ1) is 13.6. The zero-order valence-corrected chi connectivity index (χ0v) is 9.77. The lowest BCUT2D eigenvalue weighted by Gasteiger charge is -2.13. The molecule has 0 fully saturated rings. The third-order valence-electron chi connectivity index (χ3n) is 1.99. The van der Waals surface area contributed by atoms with Crippen LogP contribution in [0.3, 0.4) is 0 Å². The molecule has 0 aromatic carbocycles. The fourth-order valence-electron chi connectivity index (χ4n) is 1.23. The average molecular weight is 262 g/mol. The fraction of sp³-hybridized carbons (Fsp3) is 0.500. The van der Waals surface area contributed by atoms with Gasteiger partial charge in [0.25, 0.3) is 0 Å². The predicted octanol–water partition coefficient (Wildman–Crippen LogP) is -1.72. The number of carboxylic acid groups (broad SMARTS) is 1. The van der Waals surface area contributed by atoms with E-state index in [1.54, 1.807) is 0 Å². The molecule has 0 amide bonds. The molecule has 1 atom stereocenters. The summed E-state index contributed by atoms with van der Waals surface area (Å²) >= 11 is 0. The maximum atomic E-state index is 11.4. The van der Waals surface area contributed by atoms with E-state index in [2.05, 4.69) is 14.7 Å². The highest BCUT2D eigenvalue weighted by Gasteiger charge is 2.24. The highest BCUT2D eigenvalue weighted by atomic mass is 32.2. The maximum Gasteiger partial charge on any atom is 0.322 e. The monoisotopic (exact) mass is 262 g/mol. The molecule has 0 unspecified atom stereocenters. The normalized spacial score (nSPS) is 13.5. The van der Waals surface area contributed by atoms with Gasteiger partial charge in [0.05, 0.1) is 12.1 Å². The van der Waals surface area contributed by atoms with E-state index in [0.29, 0.717) is 5.69 Å². The summed E-state index contributed by atoms with van der Waals surface area (Å²) in [5.74, 6) is -1.56. The summed E-state index contributed by atoms with van der Waals surface area (Å²) in [5.41, 5.74) is 5.65. The minimum atomic E-state index is -3.67. The topological polar surface area (TPSA) is 138 Å². The molecule has 9 heteroatoms. The van der Waals surface area contributed by atoms with Crippen LogP contribution in [0.2, 0.25) is 0 Å². The Morgan fingerprint density at radius 2 is 2.35 bits per heavy atom. The molecule has 96 valence electrons. The van der Waals surface area contributed by atoms with E-state index >= 15 is 0 Å². The van der Waals surface area contributed by atoms with Crippen molar-refractivity contribution in [2.75, 3.05) is 12.3 Å². The van der Waals surface area contributed by atoms with Gasteiger partial charge in [-0.2, -0.15) is 0 Å². The molecule has 8 nitrogen and oxygen atoms in total. The maximum absolute atomic E-state index is 11.4. The number of rotatable bonds is 7. The Labute approximate surface area is 98.3 Å². The van der Waals surface area contributed by atoms with E-state index < -0.39 is 22.0 Å². The van der Waals surface area contributed by atoms with Crippen LogP contribution in [0.5, 0.6) is 0 Å². The molecule has 0 saturated carbocycles. The van der Waals surface area contributed by atoms with E-state index in [1.165, 1.54) is 12.5 Å². The summed E-state index contributed by atoms with van der Waals surface area (Å²) in [4.78, 5) is 17.3. The first-order valence-electron chi connectivity index (χ1n) is 4.85. The number of aromatic nitrogens is 2. The molecule has 0 aliphatic carbocycles. The van der Waals surface area contributed by atoms with Crippen molar-refractivity contribution in [3.63, 3.8) is 0 Å². The van der Waals surface area contributed by atoms with Gasteiger partial charge >= 0.3 is 5.97 Å². The van der Waals surface area contributed by atoms with Gasteiger partial charge in [-0.3, -0.25) is 4.79 Å². The molecule has 0 radical (unpaired) electrons. The zero-order valence-electron chi connectivity index (χ0n) is 8.96. The molecule has 0 aliphatic rings. The van der Waals surface area contributed by atoms with Gasteiger partial charge in [0.2, 0.25) is 10.0 Å². The summed E-state index contributed by atoms with van der Waals surface area (Å²) in [6.07, 6.45) is 2.83. The van der Waals surface area contributed by atoms with Gasteiger partial charge < -0.3 is 15.8 Å². The smallest absolute Gasteiger partial charge is 0.322 e. The number of nitrogens with two attached hydrogens (primary N) is 1. The van der Waals surface area contributed by atoms with Gasteiger partial charge in [0, 0.05) is 24.9 Å². The van der Waals surface area contributed by atoms with E-state index in [4.69, 9.17) is 10.8 Å². The molecule has 17 heavy (non-hydrogen) atoms. The molecule has 5 N–H and O–H groups in total. The van der Waals surface area contributed by atoms with E-state index in [-0.39, 0.29) is 18.7 Å². The van der Waals surface area contributed by atoms with E-state index in [0.717, 1.165) is 0 Å². The van der Waals surface area contributed by atoms with Crippen molar-refractivity contribution >= 4 is 16.0 Å². The van der Waals surface area contributed by atoms with Gasteiger partial charge in [-0.1, -0.05) is 0 Å². The molecule has 0 aliphatic heterocycles. The van der Waals surface area contributed by atoms with Crippen LogP contribution in [0.4, 0.5) is 0 Å². The van der Waals surface area contributed by atoms with Crippen LogP contribution in [0.15, 0.2) is 12.5 Å². The van der Waals surface area contributed by atoms with Crippen LogP contribution in [0.25, 0.3) is 0 Å². The number of sulfonamides is 1. The minimum Gasteiger partial charge on any atom is -0.480 e. The van der Waals surface area contributed by atoms with Crippen LogP contribution < -0.4 is 10.5 Å². The van der Waals surface area contributed by atoms with Crippen LogP contribution in [-0.4, -0.2) is 47.8 Å². The second-order valence-corrected chi connectivity index (χ2v) is 5.27. The Balaban J connectivity index is 2.71. The number of imidazole rings is 1. The molecule has 0 bridgehead atoms. The number of aromatic amines is 1. The second kappa shape index (κ2) is 5.75. The second-order valence-electron chi connectivity index (χ2n) is 3.40. The third kappa shape index (κ3) is 4.51. The lowest BCUT2D eigenvalue weighted by Crippen LogP contribution is -2.44. The Hall–Kier alpha value is -1.45. The molecule has 0 spiro atoms. The van der Waals surface area contributed by atoms with E-state index in [9.17, 15) is 13.2 Å².